The summed E-state index contributed by atoms with van der Waals surface area (Å²) in [4.78, 5) is 13.3. The number of fused-ring (bicyclic) bond motifs is 1. The molecule has 0 fully saturated rings. The van der Waals surface area contributed by atoms with Gasteiger partial charge in [-0.15, -0.1) is 0 Å². The summed E-state index contributed by atoms with van der Waals surface area (Å²) in [6, 6.07) is 7.78. The van der Waals surface area contributed by atoms with Crippen LogP contribution in [0, 0.1) is 0 Å². The number of aromatic amines is 1. The van der Waals surface area contributed by atoms with Crippen LogP contribution in [0.3, 0.4) is 0 Å². The van der Waals surface area contributed by atoms with Gasteiger partial charge in [0.05, 0.1) is 26.7 Å². The van der Waals surface area contributed by atoms with E-state index in [9.17, 15) is 21.6 Å². The zero-order valence-electron chi connectivity index (χ0n) is 15.4. The SMILES string of the molecule is CCCCNc1ccc(S(N)(=O)=O)cc1NS(=O)(=O)c1ccc2[nH]c(=O)oc2c1. The molecule has 0 amide bonds. The molecule has 2 aromatic carbocycles. The number of primary sulfonamides is 1. The van der Waals surface area contributed by atoms with E-state index in [1.165, 1.54) is 30.3 Å². The predicted octanol–water partition coefficient (Wildman–Crippen LogP) is 1.78. The number of anilines is 2. The first-order valence-corrected chi connectivity index (χ1v) is 11.7. The Morgan fingerprint density at radius 3 is 2.45 bits per heavy atom. The molecule has 0 aliphatic carbocycles. The Morgan fingerprint density at radius 1 is 1.03 bits per heavy atom. The third-order valence-corrected chi connectivity index (χ3v) is 6.39. The Bertz CT molecular complexity index is 1310. The fraction of sp³-hybridized carbons (Fsp3) is 0.235. The molecule has 0 atom stereocenters. The van der Waals surface area contributed by atoms with Gasteiger partial charge in [0.1, 0.15) is 0 Å². The van der Waals surface area contributed by atoms with E-state index in [0.717, 1.165) is 18.9 Å². The molecule has 0 aliphatic rings. The summed E-state index contributed by atoms with van der Waals surface area (Å²) in [7, 11) is -8.14. The Morgan fingerprint density at radius 2 is 1.76 bits per heavy atom. The van der Waals surface area contributed by atoms with Crippen molar-refractivity contribution in [2.75, 3.05) is 16.6 Å². The summed E-state index contributed by atoms with van der Waals surface area (Å²) in [6.45, 7) is 2.57. The summed E-state index contributed by atoms with van der Waals surface area (Å²) in [6.07, 6.45) is 1.76. The lowest BCUT2D eigenvalue weighted by Crippen LogP contribution is -2.17. The van der Waals surface area contributed by atoms with E-state index in [2.05, 4.69) is 15.0 Å². The van der Waals surface area contributed by atoms with Crippen molar-refractivity contribution in [2.24, 2.45) is 5.14 Å². The molecular formula is C17H20N4O6S2. The van der Waals surface area contributed by atoms with Crippen molar-refractivity contribution in [1.29, 1.82) is 0 Å². The number of oxazole rings is 1. The van der Waals surface area contributed by atoms with Gasteiger partial charge in [-0.25, -0.2) is 26.8 Å². The third-order valence-electron chi connectivity index (χ3n) is 4.11. The highest BCUT2D eigenvalue weighted by Gasteiger charge is 2.20. The number of H-pyrrole nitrogens is 1. The molecule has 0 saturated carbocycles. The maximum absolute atomic E-state index is 12.8. The van der Waals surface area contributed by atoms with Crippen LogP contribution in [0.2, 0.25) is 0 Å². The fourth-order valence-electron chi connectivity index (χ4n) is 2.64. The zero-order chi connectivity index (χ0) is 21.2. The molecule has 0 bridgehead atoms. The van der Waals surface area contributed by atoms with Crippen LogP contribution in [0.25, 0.3) is 11.1 Å². The predicted molar refractivity (Wildman–Crippen MR) is 109 cm³/mol. The highest BCUT2D eigenvalue weighted by atomic mass is 32.2. The van der Waals surface area contributed by atoms with Crippen molar-refractivity contribution < 1.29 is 21.3 Å². The topological polar surface area (TPSA) is 164 Å². The van der Waals surface area contributed by atoms with E-state index in [1.807, 2.05) is 6.92 Å². The van der Waals surface area contributed by atoms with Gasteiger partial charge >= 0.3 is 5.76 Å². The van der Waals surface area contributed by atoms with Crippen LogP contribution >= 0.6 is 0 Å². The first kappa shape index (κ1) is 20.9. The van der Waals surface area contributed by atoms with Gasteiger partial charge < -0.3 is 9.73 Å². The summed E-state index contributed by atoms with van der Waals surface area (Å²) >= 11 is 0. The van der Waals surface area contributed by atoms with Crippen molar-refractivity contribution in [3.05, 3.63) is 46.9 Å². The molecule has 0 unspecified atom stereocenters. The van der Waals surface area contributed by atoms with Gasteiger partial charge in [-0.3, -0.25) is 9.71 Å². The second kappa shape index (κ2) is 7.89. The summed E-state index contributed by atoms with van der Waals surface area (Å²) in [5, 5.41) is 8.24. The second-order valence-corrected chi connectivity index (χ2v) is 9.55. The van der Waals surface area contributed by atoms with E-state index >= 15 is 0 Å². The summed E-state index contributed by atoms with van der Waals surface area (Å²) in [5.41, 5.74) is 0.872. The van der Waals surface area contributed by atoms with Crippen molar-refractivity contribution in [2.45, 2.75) is 29.6 Å². The van der Waals surface area contributed by atoms with Crippen LogP contribution in [0.4, 0.5) is 11.4 Å². The standard InChI is InChI=1S/C17H20N4O6S2/c1-2-3-8-19-13-6-4-11(28(18,23)24)9-15(13)21-29(25,26)12-5-7-14-16(10-12)27-17(22)20-14/h4-7,9-10,19,21H,2-3,8H2,1H3,(H,20,22)(H2,18,23,24). The number of nitrogens with one attached hydrogen (secondary N) is 3. The van der Waals surface area contributed by atoms with E-state index in [4.69, 9.17) is 9.56 Å². The van der Waals surface area contributed by atoms with Gasteiger partial charge in [0.25, 0.3) is 10.0 Å². The Hall–Kier alpha value is -2.83. The van der Waals surface area contributed by atoms with E-state index in [0.29, 0.717) is 17.7 Å². The fourth-order valence-corrected chi connectivity index (χ4v) is 4.26. The minimum absolute atomic E-state index is 0.0308. The number of rotatable bonds is 8. The van der Waals surface area contributed by atoms with Gasteiger partial charge in [-0.05, 0) is 36.8 Å². The molecule has 5 N–H and O–H groups in total. The molecule has 0 radical (unpaired) electrons. The third kappa shape index (κ3) is 4.78. The maximum atomic E-state index is 12.8. The van der Waals surface area contributed by atoms with Crippen molar-refractivity contribution in [1.82, 2.24) is 4.98 Å². The molecule has 0 aliphatic heterocycles. The molecule has 1 aromatic heterocycles. The number of sulfonamides is 2. The number of benzene rings is 2. The Labute approximate surface area is 167 Å². The molecule has 0 spiro atoms. The Balaban J connectivity index is 2.01. The monoisotopic (exact) mass is 440 g/mol. The minimum atomic E-state index is -4.11. The number of unbranched alkanes of at least 4 members (excludes halogenated alkanes) is 1. The van der Waals surface area contributed by atoms with Gasteiger partial charge in [-0.1, -0.05) is 13.3 Å². The van der Waals surface area contributed by atoms with Crippen molar-refractivity contribution in [3.63, 3.8) is 0 Å². The van der Waals surface area contributed by atoms with Crippen LogP contribution < -0.4 is 20.9 Å². The van der Waals surface area contributed by atoms with Crippen LogP contribution in [0.5, 0.6) is 0 Å². The number of nitrogens with two attached hydrogens (primary N) is 1. The minimum Gasteiger partial charge on any atom is -0.408 e. The average Bonchev–Trinajstić information content (AvgIpc) is 3.01. The number of hydrogen-bond donors (Lipinski definition) is 4. The first-order chi connectivity index (χ1) is 13.6. The molecule has 3 rings (SSSR count). The van der Waals surface area contributed by atoms with Gasteiger partial charge in [0.15, 0.2) is 5.58 Å². The molecule has 0 saturated heterocycles. The molecule has 29 heavy (non-hydrogen) atoms. The van der Waals surface area contributed by atoms with E-state index in [1.54, 1.807) is 0 Å². The molecule has 1 heterocycles. The van der Waals surface area contributed by atoms with E-state index < -0.39 is 25.8 Å². The smallest absolute Gasteiger partial charge is 0.408 e. The number of hydrogen-bond acceptors (Lipinski definition) is 7. The van der Waals surface area contributed by atoms with Crippen molar-refractivity contribution >= 4 is 42.5 Å². The Kier molecular flexibility index (Phi) is 5.68. The quantitative estimate of drug-likeness (QED) is 0.388. The molecule has 3 aromatic rings. The summed E-state index contributed by atoms with van der Waals surface area (Å²) in [5.74, 6) is -0.703. The lowest BCUT2D eigenvalue weighted by molar-refractivity contribution is 0.554. The highest BCUT2D eigenvalue weighted by molar-refractivity contribution is 7.92. The lowest BCUT2D eigenvalue weighted by Gasteiger charge is -2.15. The van der Waals surface area contributed by atoms with Gasteiger partial charge in [0.2, 0.25) is 10.0 Å². The normalized spacial score (nSPS) is 12.2. The van der Waals surface area contributed by atoms with Crippen LogP contribution in [0.1, 0.15) is 19.8 Å². The average molecular weight is 441 g/mol. The zero-order valence-corrected chi connectivity index (χ0v) is 17.1. The molecule has 12 heteroatoms. The van der Waals surface area contributed by atoms with Crippen LogP contribution in [-0.4, -0.2) is 28.4 Å². The molecule has 156 valence electrons. The molecule has 10 nitrogen and oxygen atoms in total. The van der Waals surface area contributed by atoms with Crippen molar-refractivity contribution in [3.8, 4) is 0 Å². The molecular weight excluding hydrogens is 420 g/mol. The largest absolute Gasteiger partial charge is 0.417 e. The van der Waals surface area contributed by atoms with Gasteiger partial charge in [-0.2, -0.15) is 0 Å². The highest BCUT2D eigenvalue weighted by Crippen LogP contribution is 2.28. The second-order valence-electron chi connectivity index (χ2n) is 6.31. The van der Waals surface area contributed by atoms with Gasteiger partial charge in [0, 0.05) is 12.6 Å². The van der Waals surface area contributed by atoms with Crippen LogP contribution in [0.15, 0.2) is 55.4 Å². The summed E-state index contributed by atoms with van der Waals surface area (Å²) < 4.78 is 56.3. The number of aromatic nitrogens is 1. The lowest BCUT2D eigenvalue weighted by atomic mass is 10.2. The van der Waals surface area contributed by atoms with Crippen LogP contribution in [-0.2, 0) is 20.0 Å². The maximum Gasteiger partial charge on any atom is 0.417 e. The first-order valence-electron chi connectivity index (χ1n) is 8.66. The van der Waals surface area contributed by atoms with E-state index in [-0.39, 0.29) is 21.1 Å².